The molecule has 0 aliphatic heterocycles. The van der Waals surface area contributed by atoms with E-state index in [0.717, 1.165) is 13.0 Å². The molecular weight excluding hydrogens is 140 g/mol. The molecule has 0 aromatic carbocycles. The molecule has 11 heavy (non-hydrogen) atoms. The predicted octanol–water partition coefficient (Wildman–Crippen LogP) is 1.74. The first-order valence-electron chi connectivity index (χ1n) is 4.05. The fourth-order valence-electron chi connectivity index (χ4n) is 0.714. The second kappa shape index (κ2) is 6.38. The Morgan fingerprint density at radius 3 is 2.64 bits per heavy atom. The molecule has 0 heterocycles. The highest BCUT2D eigenvalue weighted by Crippen LogP contribution is 2.00. The highest BCUT2D eigenvalue weighted by Gasteiger charge is 1.93. The van der Waals surface area contributed by atoms with E-state index in [1.807, 2.05) is 26.8 Å². The Hall–Kier alpha value is -0.340. The molecule has 1 N–H and O–H groups in total. The Bertz CT molecular complexity index is 117. The molecule has 0 saturated carbocycles. The lowest BCUT2D eigenvalue weighted by molar-refractivity contribution is 0.0813. The van der Waals surface area contributed by atoms with Crippen LogP contribution in [-0.4, -0.2) is 24.4 Å². The van der Waals surface area contributed by atoms with Gasteiger partial charge >= 0.3 is 0 Å². The fraction of sp³-hybridized carbons (Fsp3) is 0.778. The van der Waals surface area contributed by atoms with Crippen LogP contribution in [0.1, 0.15) is 27.2 Å². The third-order valence-corrected chi connectivity index (χ3v) is 1.39. The van der Waals surface area contributed by atoms with E-state index in [9.17, 15) is 0 Å². The summed E-state index contributed by atoms with van der Waals surface area (Å²) in [7, 11) is 0. The van der Waals surface area contributed by atoms with Crippen LogP contribution in [0.4, 0.5) is 0 Å². The van der Waals surface area contributed by atoms with Crippen LogP contribution in [0.2, 0.25) is 0 Å². The molecule has 0 atom stereocenters. The summed E-state index contributed by atoms with van der Waals surface area (Å²) < 4.78 is 5.34. The summed E-state index contributed by atoms with van der Waals surface area (Å²) in [6.07, 6.45) is 3.03. The molecule has 66 valence electrons. The van der Waals surface area contributed by atoms with Crippen LogP contribution >= 0.6 is 0 Å². The third-order valence-electron chi connectivity index (χ3n) is 1.39. The van der Waals surface area contributed by atoms with E-state index in [-0.39, 0.29) is 6.61 Å². The van der Waals surface area contributed by atoms with Gasteiger partial charge < -0.3 is 9.84 Å². The topological polar surface area (TPSA) is 29.5 Å². The molecule has 0 radical (unpaired) electrons. The molecule has 0 rings (SSSR count). The molecule has 0 aliphatic carbocycles. The summed E-state index contributed by atoms with van der Waals surface area (Å²) >= 11 is 0. The zero-order valence-corrected chi connectivity index (χ0v) is 7.63. The first kappa shape index (κ1) is 10.7. The van der Waals surface area contributed by atoms with Crippen molar-refractivity contribution in [3.63, 3.8) is 0 Å². The van der Waals surface area contributed by atoms with E-state index in [1.165, 1.54) is 5.57 Å². The average Bonchev–Trinajstić information content (AvgIpc) is 1.87. The normalized spacial score (nSPS) is 12.6. The molecule has 0 aromatic rings. The van der Waals surface area contributed by atoms with Gasteiger partial charge in [0.15, 0.2) is 0 Å². The van der Waals surface area contributed by atoms with Gasteiger partial charge in [0, 0.05) is 0 Å². The Labute approximate surface area is 68.9 Å². The minimum atomic E-state index is 0.132. The third kappa shape index (κ3) is 7.56. The van der Waals surface area contributed by atoms with E-state index in [4.69, 9.17) is 9.84 Å². The number of hydrogen-bond acceptors (Lipinski definition) is 2. The Morgan fingerprint density at radius 1 is 1.55 bits per heavy atom. The number of aliphatic hydroxyl groups excluding tert-OH is 1. The Morgan fingerprint density at radius 2 is 2.18 bits per heavy atom. The maximum absolute atomic E-state index is 8.53. The quantitative estimate of drug-likeness (QED) is 0.617. The van der Waals surface area contributed by atoms with Gasteiger partial charge in [-0.2, -0.15) is 0 Å². The minimum Gasteiger partial charge on any atom is -0.392 e. The zero-order chi connectivity index (χ0) is 8.69. The summed E-state index contributed by atoms with van der Waals surface area (Å²) in [5.41, 5.74) is 1.19. The maximum atomic E-state index is 8.53. The fourth-order valence-corrected chi connectivity index (χ4v) is 0.714. The molecule has 0 amide bonds. The van der Waals surface area contributed by atoms with Crippen LogP contribution in [-0.2, 0) is 4.74 Å². The first-order chi connectivity index (χ1) is 5.16. The smallest absolute Gasteiger partial charge is 0.0614 e. The van der Waals surface area contributed by atoms with Crippen molar-refractivity contribution in [1.29, 1.82) is 0 Å². The van der Waals surface area contributed by atoms with Crippen LogP contribution in [0.25, 0.3) is 0 Å². The molecule has 0 unspecified atom stereocenters. The average molecular weight is 158 g/mol. The van der Waals surface area contributed by atoms with Gasteiger partial charge in [-0.15, -0.1) is 0 Å². The number of ether oxygens (including phenoxy) is 1. The van der Waals surface area contributed by atoms with E-state index in [2.05, 4.69) is 0 Å². The molecule has 0 spiro atoms. The van der Waals surface area contributed by atoms with Gasteiger partial charge in [-0.1, -0.05) is 11.6 Å². The zero-order valence-electron chi connectivity index (χ0n) is 7.63. The largest absolute Gasteiger partial charge is 0.392 e. The second-order valence-electron chi connectivity index (χ2n) is 2.90. The van der Waals surface area contributed by atoms with Gasteiger partial charge in [-0.3, -0.25) is 0 Å². The number of hydrogen-bond donors (Lipinski definition) is 1. The van der Waals surface area contributed by atoms with Crippen molar-refractivity contribution in [1.82, 2.24) is 0 Å². The van der Waals surface area contributed by atoms with Gasteiger partial charge in [0.2, 0.25) is 0 Å². The van der Waals surface area contributed by atoms with Crippen molar-refractivity contribution in [2.75, 3.05) is 13.2 Å². The van der Waals surface area contributed by atoms with Crippen LogP contribution in [0.15, 0.2) is 11.6 Å². The van der Waals surface area contributed by atoms with Crippen molar-refractivity contribution in [3.8, 4) is 0 Å². The van der Waals surface area contributed by atoms with E-state index >= 15 is 0 Å². The summed E-state index contributed by atoms with van der Waals surface area (Å²) in [5.74, 6) is 0. The highest BCUT2D eigenvalue weighted by molar-refractivity contribution is 4.97. The van der Waals surface area contributed by atoms with Crippen molar-refractivity contribution in [2.45, 2.75) is 33.3 Å². The van der Waals surface area contributed by atoms with Crippen molar-refractivity contribution < 1.29 is 9.84 Å². The number of aliphatic hydroxyl groups is 1. The van der Waals surface area contributed by atoms with Gasteiger partial charge in [0.25, 0.3) is 0 Å². The van der Waals surface area contributed by atoms with Crippen LogP contribution in [0, 0.1) is 0 Å². The Balaban J connectivity index is 3.31. The lowest BCUT2D eigenvalue weighted by Crippen LogP contribution is -2.04. The van der Waals surface area contributed by atoms with E-state index in [1.54, 1.807) is 0 Å². The molecule has 2 nitrogen and oxygen atoms in total. The maximum Gasteiger partial charge on any atom is 0.0614 e. The van der Waals surface area contributed by atoms with Crippen LogP contribution in [0.3, 0.4) is 0 Å². The van der Waals surface area contributed by atoms with Crippen molar-refractivity contribution in [3.05, 3.63) is 11.6 Å². The first-order valence-corrected chi connectivity index (χ1v) is 4.05. The molecule has 0 saturated heterocycles. The standard InChI is InChI=1S/C9H18O2/c1-8(2)11-7-5-9(3)4-6-10/h4,8,10H,5-7H2,1-3H3. The molecule has 0 aromatic heterocycles. The predicted molar refractivity (Wildman–Crippen MR) is 46.5 cm³/mol. The van der Waals surface area contributed by atoms with Crippen molar-refractivity contribution in [2.24, 2.45) is 0 Å². The van der Waals surface area contributed by atoms with Crippen LogP contribution < -0.4 is 0 Å². The number of rotatable bonds is 5. The van der Waals surface area contributed by atoms with Gasteiger partial charge in [0.05, 0.1) is 19.3 Å². The highest BCUT2D eigenvalue weighted by atomic mass is 16.5. The lowest BCUT2D eigenvalue weighted by atomic mass is 10.2. The summed E-state index contributed by atoms with van der Waals surface area (Å²) in [4.78, 5) is 0. The summed E-state index contributed by atoms with van der Waals surface area (Å²) in [6.45, 7) is 6.92. The SMILES string of the molecule is CC(=CCO)CCOC(C)C. The monoisotopic (exact) mass is 158 g/mol. The molecule has 0 aliphatic rings. The van der Waals surface area contributed by atoms with Crippen molar-refractivity contribution >= 4 is 0 Å². The van der Waals surface area contributed by atoms with Gasteiger partial charge in [0.1, 0.15) is 0 Å². The minimum absolute atomic E-state index is 0.132. The second-order valence-corrected chi connectivity index (χ2v) is 2.90. The van der Waals surface area contributed by atoms with E-state index in [0.29, 0.717) is 6.10 Å². The molecule has 2 heteroatoms. The van der Waals surface area contributed by atoms with Gasteiger partial charge in [-0.05, 0) is 27.2 Å². The molecule has 0 bridgehead atoms. The van der Waals surface area contributed by atoms with Crippen LogP contribution in [0.5, 0.6) is 0 Å². The Kier molecular flexibility index (Phi) is 6.18. The molecular formula is C9H18O2. The molecule has 0 fully saturated rings. The van der Waals surface area contributed by atoms with Gasteiger partial charge in [-0.25, -0.2) is 0 Å². The summed E-state index contributed by atoms with van der Waals surface area (Å²) in [5, 5.41) is 8.53. The lowest BCUT2D eigenvalue weighted by Gasteiger charge is -2.06. The van der Waals surface area contributed by atoms with E-state index < -0.39 is 0 Å². The summed E-state index contributed by atoms with van der Waals surface area (Å²) in [6, 6.07) is 0.